The first-order valence-electron chi connectivity index (χ1n) is 6.38. The smallest absolute Gasteiger partial charge is 0.260 e. The predicted octanol–water partition coefficient (Wildman–Crippen LogP) is 1.48. The van der Waals surface area contributed by atoms with Crippen LogP contribution in [0.1, 0.15) is 26.3 Å². The van der Waals surface area contributed by atoms with Crippen molar-refractivity contribution in [1.82, 2.24) is 14.9 Å². The summed E-state index contributed by atoms with van der Waals surface area (Å²) in [6, 6.07) is 4.66. The van der Waals surface area contributed by atoms with E-state index < -0.39 is 6.04 Å². The Bertz CT molecular complexity index is 648. The monoisotopic (exact) mass is 259 g/mol. The van der Waals surface area contributed by atoms with E-state index in [2.05, 4.69) is 10.3 Å². The van der Waals surface area contributed by atoms with E-state index in [1.54, 1.807) is 37.5 Å². The highest BCUT2D eigenvalue weighted by Crippen LogP contribution is 2.08. The molecule has 2 heterocycles. The minimum Gasteiger partial charge on any atom is -0.354 e. The molecule has 0 spiro atoms. The Morgan fingerprint density at radius 2 is 2.26 bits per heavy atom. The Kier molecular flexibility index (Phi) is 3.94. The van der Waals surface area contributed by atoms with Gasteiger partial charge in [-0.2, -0.15) is 0 Å². The molecule has 0 radical (unpaired) electrons. The molecule has 1 atom stereocenters. The van der Waals surface area contributed by atoms with Crippen molar-refractivity contribution in [2.45, 2.75) is 26.3 Å². The van der Waals surface area contributed by atoms with E-state index in [0.29, 0.717) is 17.4 Å². The lowest BCUT2D eigenvalue weighted by atomic mass is 10.2. The fourth-order valence-electron chi connectivity index (χ4n) is 1.92. The van der Waals surface area contributed by atoms with Crippen LogP contribution in [0.5, 0.6) is 0 Å². The summed E-state index contributed by atoms with van der Waals surface area (Å²) in [5.41, 5.74) is 0.453. The van der Waals surface area contributed by atoms with Gasteiger partial charge in [-0.15, -0.1) is 0 Å². The van der Waals surface area contributed by atoms with E-state index >= 15 is 0 Å². The van der Waals surface area contributed by atoms with Crippen LogP contribution in [0.15, 0.2) is 35.4 Å². The number of nitrogens with one attached hydrogen (secondary N) is 1. The molecular formula is C14H17N3O2. The van der Waals surface area contributed by atoms with E-state index in [0.717, 1.165) is 6.42 Å². The van der Waals surface area contributed by atoms with Crippen LogP contribution in [0.4, 0.5) is 0 Å². The molecular weight excluding hydrogens is 242 g/mol. The average molecular weight is 259 g/mol. The Hall–Kier alpha value is -2.17. The number of nitrogens with zero attached hydrogens (tertiary/aromatic N) is 2. The van der Waals surface area contributed by atoms with Crippen molar-refractivity contribution in [2.75, 3.05) is 6.54 Å². The number of aromatic nitrogens is 2. The number of fused-ring (bicyclic) bond motifs is 1. The van der Waals surface area contributed by atoms with Crippen molar-refractivity contribution in [3.8, 4) is 0 Å². The summed E-state index contributed by atoms with van der Waals surface area (Å²) in [5.74, 6) is -0.146. The quantitative estimate of drug-likeness (QED) is 0.904. The first kappa shape index (κ1) is 13.3. The summed E-state index contributed by atoms with van der Waals surface area (Å²) in [6.45, 7) is 4.32. The first-order chi connectivity index (χ1) is 9.15. The summed E-state index contributed by atoms with van der Waals surface area (Å²) in [5, 5.41) is 3.32. The van der Waals surface area contributed by atoms with Crippen LogP contribution >= 0.6 is 0 Å². The Labute approximate surface area is 111 Å². The fourth-order valence-corrected chi connectivity index (χ4v) is 1.92. The largest absolute Gasteiger partial charge is 0.354 e. The molecule has 0 aliphatic rings. The molecule has 5 nitrogen and oxygen atoms in total. The lowest BCUT2D eigenvalue weighted by Gasteiger charge is -2.15. The van der Waals surface area contributed by atoms with Crippen molar-refractivity contribution < 1.29 is 4.79 Å². The van der Waals surface area contributed by atoms with Crippen LogP contribution in [0, 0.1) is 0 Å². The van der Waals surface area contributed by atoms with Gasteiger partial charge in [0.2, 0.25) is 5.91 Å². The zero-order valence-corrected chi connectivity index (χ0v) is 11.1. The Morgan fingerprint density at radius 3 is 3.00 bits per heavy atom. The van der Waals surface area contributed by atoms with Gasteiger partial charge in [0.25, 0.3) is 5.56 Å². The molecule has 0 aliphatic heterocycles. The zero-order chi connectivity index (χ0) is 13.8. The highest BCUT2D eigenvalue weighted by Gasteiger charge is 2.16. The zero-order valence-electron chi connectivity index (χ0n) is 11.1. The number of rotatable bonds is 4. The van der Waals surface area contributed by atoms with Crippen LogP contribution in [-0.4, -0.2) is 22.0 Å². The van der Waals surface area contributed by atoms with Crippen molar-refractivity contribution in [3.63, 3.8) is 0 Å². The maximum Gasteiger partial charge on any atom is 0.260 e. The molecule has 2 aromatic rings. The normalized spacial score (nSPS) is 12.3. The summed E-state index contributed by atoms with van der Waals surface area (Å²) in [7, 11) is 0. The molecule has 100 valence electrons. The van der Waals surface area contributed by atoms with Gasteiger partial charge in [0.05, 0.1) is 10.9 Å². The summed E-state index contributed by atoms with van der Waals surface area (Å²) < 4.78 is 1.44. The second-order valence-corrected chi connectivity index (χ2v) is 4.43. The highest BCUT2D eigenvalue weighted by atomic mass is 16.2. The van der Waals surface area contributed by atoms with E-state index in [4.69, 9.17) is 0 Å². The van der Waals surface area contributed by atoms with Crippen LogP contribution in [0.2, 0.25) is 0 Å². The predicted molar refractivity (Wildman–Crippen MR) is 74.0 cm³/mol. The molecule has 0 aromatic carbocycles. The molecule has 0 aliphatic carbocycles. The van der Waals surface area contributed by atoms with Gasteiger partial charge in [0, 0.05) is 18.9 Å². The minimum atomic E-state index is -0.524. The molecule has 2 rings (SSSR count). The number of hydrogen-bond donors (Lipinski definition) is 1. The molecule has 0 bridgehead atoms. The maximum atomic E-state index is 12.3. The number of pyridine rings is 2. The Morgan fingerprint density at radius 1 is 1.47 bits per heavy atom. The van der Waals surface area contributed by atoms with Gasteiger partial charge >= 0.3 is 0 Å². The van der Waals surface area contributed by atoms with Crippen LogP contribution in [0.3, 0.4) is 0 Å². The number of carbonyl (C=O) groups excluding carboxylic acids is 1. The third kappa shape index (κ3) is 2.65. The minimum absolute atomic E-state index is 0.146. The van der Waals surface area contributed by atoms with Gasteiger partial charge < -0.3 is 9.88 Å². The second-order valence-electron chi connectivity index (χ2n) is 4.43. The molecule has 0 saturated heterocycles. The van der Waals surface area contributed by atoms with Gasteiger partial charge in [-0.05, 0) is 31.5 Å². The van der Waals surface area contributed by atoms with Crippen molar-refractivity contribution in [1.29, 1.82) is 0 Å². The van der Waals surface area contributed by atoms with Gasteiger partial charge in [0.15, 0.2) is 0 Å². The van der Waals surface area contributed by atoms with Crippen LogP contribution in [0.25, 0.3) is 10.9 Å². The van der Waals surface area contributed by atoms with E-state index in [9.17, 15) is 9.59 Å². The SMILES string of the molecule is CCCNC(=O)[C@H](C)n1ccc2ncccc2c1=O. The summed E-state index contributed by atoms with van der Waals surface area (Å²) >= 11 is 0. The highest BCUT2D eigenvalue weighted by molar-refractivity contribution is 5.81. The lowest BCUT2D eigenvalue weighted by Crippen LogP contribution is -2.35. The van der Waals surface area contributed by atoms with E-state index in [1.165, 1.54) is 4.57 Å². The van der Waals surface area contributed by atoms with Gasteiger partial charge in [-0.25, -0.2) is 0 Å². The molecule has 19 heavy (non-hydrogen) atoms. The van der Waals surface area contributed by atoms with Gasteiger partial charge in [0.1, 0.15) is 6.04 Å². The number of hydrogen-bond acceptors (Lipinski definition) is 3. The lowest BCUT2D eigenvalue weighted by molar-refractivity contribution is -0.123. The first-order valence-corrected chi connectivity index (χ1v) is 6.38. The second kappa shape index (κ2) is 5.65. The standard InChI is InChI=1S/C14H17N3O2/c1-3-7-16-13(18)10(2)17-9-6-12-11(14(17)19)5-4-8-15-12/h4-6,8-10H,3,7H2,1-2H3,(H,16,18)/t10-/m0/s1. The summed E-state index contributed by atoms with van der Waals surface area (Å²) in [4.78, 5) is 28.3. The van der Waals surface area contributed by atoms with Crippen LogP contribution < -0.4 is 10.9 Å². The van der Waals surface area contributed by atoms with E-state index in [1.807, 2.05) is 6.92 Å². The van der Waals surface area contributed by atoms with Crippen LogP contribution in [-0.2, 0) is 4.79 Å². The molecule has 0 saturated carbocycles. The molecule has 1 N–H and O–H groups in total. The van der Waals surface area contributed by atoms with Gasteiger partial charge in [-0.3, -0.25) is 14.6 Å². The van der Waals surface area contributed by atoms with E-state index in [-0.39, 0.29) is 11.5 Å². The topological polar surface area (TPSA) is 64.0 Å². The van der Waals surface area contributed by atoms with Crippen molar-refractivity contribution >= 4 is 16.8 Å². The third-order valence-corrected chi connectivity index (χ3v) is 3.04. The molecule has 1 amide bonds. The fraction of sp³-hybridized carbons (Fsp3) is 0.357. The molecule has 0 fully saturated rings. The molecule has 5 heteroatoms. The van der Waals surface area contributed by atoms with Crippen molar-refractivity contribution in [3.05, 3.63) is 40.9 Å². The average Bonchev–Trinajstić information content (AvgIpc) is 2.44. The summed E-state index contributed by atoms with van der Waals surface area (Å²) in [6.07, 6.45) is 4.13. The molecule has 2 aromatic heterocycles. The molecule has 0 unspecified atom stereocenters. The van der Waals surface area contributed by atoms with Crippen molar-refractivity contribution in [2.24, 2.45) is 0 Å². The number of carbonyl (C=O) groups is 1. The maximum absolute atomic E-state index is 12.3. The van der Waals surface area contributed by atoms with Gasteiger partial charge in [-0.1, -0.05) is 6.92 Å². The Balaban J connectivity index is 2.37. The number of amides is 1. The third-order valence-electron chi connectivity index (χ3n) is 3.04.